The smallest absolute Gasteiger partial charge is 0.245 e. The Labute approximate surface area is 146 Å². The van der Waals surface area contributed by atoms with Gasteiger partial charge in [-0.2, -0.15) is 10.2 Å². The number of aryl methyl sites for hydroxylation is 2. The molecule has 0 aliphatic carbocycles. The van der Waals surface area contributed by atoms with E-state index >= 15 is 0 Å². The fourth-order valence-electron chi connectivity index (χ4n) is 2.72. The Balaban J connectivity index is 1.70. The highest BCUT2D eigenvalue weighted by Gasteiger charge is 2.11. The van der Waals surface area contributed by atoms with Gasteiger partial charge >= 0.3 is 0 Å². The second kappa shape index (κ2) is 7.17. The monoisotopic (exact) mass is 335 g/mol. The van der Waals surface area contributed by atoms with Gasteiger partial charge in [0.15, 0.2) is 0 Å². The van der Waals surface area contributed by atoms with Crippen molar-refractivity contribution < 1.29 is 4.79 Å². The predicted octanol–water partition coefficient (Wildman–Crippen LogP) is 2.52. The molecule has 3 aromatic rings. The minimum absolute atomic E-state index is 0.149. The number of aromatic nitrogens is 3. The fraction of sp³-hybridized carbons (Fsp3) is 0.211. The molecule has 1 aromatic carbocycles. The van der Waals surface area contributed by atoms with Crippen LogP contribution in [0.3, 0.4) is 0 Å². The van der Waals surface area contributed by atoms with Gasteiger partial charge in [0.1, 0.15) is 0 Å². The van der Waals surface area contributed by atoms with Crippen LogP contribution in [0.25, 0.3) is 5.69 Å². The van der Waals surface area contributed by atoms with Crippen LogP contribution in [0.4, 0.5) is 0 Å². The van der Waals surface area contributed by atoms with Crippen LogP contribution in [0.2, 0.25) is 0 Å². The van der Waals surface area contributed by atoms with E-state index in [2.05, 4.69) is 15.6 Å². The number of hydrogen-bond donors (Lipinski definition) is 1. The number of nitrogens with one attached hydrogen (secondary N) is 1. The van der Waals surface area contributed by atoms with E-state index < -0.39 is 0 Å². The first-order chi connectivity index (χ1) is 12.1. The van der Waals surface area contributed by atoms with Crippen LogP contribution in [0.1, 0.15) is 22.6 Å². The van der Waals surface area contributed by atoms with Crippen LogP contribution in [0, 0.1) is 13.8 Å². The summed E-state index contributed by atoms with van der Waals surface area (Å²) >= 11 is 0. The summed E-state index contributed by atoms with van der Waals surface area (Å²) in [4.78, 5) is 12.0. The molecule has 0 aliphatic rings. The number of para-hydroxylation sites is 1. The lowest BCUT2D eigenvalue weighted by atomic mass is 10.2. The Bertz CT molecular complexity index is 905. The van der Waals surface area contributed by atoms with E-state index in [1.807, 2.05) is 78.8 Å². The van der Waals surface area contributed by atoms with E-state index in [1.54, 1.807) is 6.21 Å². The lowest BCUT2D eigenvalue weighted by Gasteiger charge is -2.04. The van der Waals surface area contributed by atoms with Gasteiger partial charge in [0.25, 0.3) is 0 Å². The maximum atomic E-state index is 12.0. The standard InChI is InChI=1S/C19H21N5O/c1-14-18(15(2)24(22-14)16-8-5-4-6-9-16)13-20-21-19(25)12-17-10-7-11-23(17)3/h4-11,13H,12H2,1-3H3,(H,21,25). The highest BCUT2D eigenvalue weighted by Crippen LogP contribution is 2.16. The molecule has 1 N–H and O–H groups in total. The van der Waals surface area contributed by atoms with Gasteiger partial charge in [-0.1, -0.05) is 18.2 Å². The first-order valence-corrected chi connectivity index (χ1v) is 8.10. The second-order valence-corrected chi connectivity index (χ2v) is 5.91. The summed E-state index contributed by atoms with van der Waals surface area (Å²) in [5, 5.41) is 8.65. The number of hydrogen-bond acceptors (Lipinski definition) is 3. The maximum Gasteiger partial charge on any atom is 0.245 e. The third-order valence-electron chi connectivity index (χ3n) is 4.12. The number of nitrogens with zero attached hydrogens (tertiary/aromatic N) is 4. The summed E-state index contributed by atoms with van der Waals surface area (Å²) in [7, 11) is 1.91. The van der Waals surface area contributed by atoms with E-state index in [4.69, 9.17) is 0 Å². The minimum Gasteiger partial charge on any atom is -0.354 e. The second-order valence-electron chi connectivity index (χ2n) is 5.91. The SMILES string of the molecule is Cc1nn(-c2ccccc2)c(C)c1C=NNC(=O)Cc1cccn1C. The first-order valence-electron chi connectivity index (χ1n) is 8.10. The lowest BCUT2D eigenvalue weighted by molar-refractivity contribution is -0.120. The van der Waals surface area contributed by atoms with E-state index in [1.165, 1.54) is 0 Å². The molecule has 0 saturated carbocycles. The zero-order valence-corrected chi connectivity index (χ0v) is 14.6. The quantitative estimate of drug-likeness (QED) is 0.575. The van der Waals surface area contributed by atoms with Gasteiger partial charge in [0.05, 0.1) is 29.7 Å². The summed E-state index contributed by atoms with van der Waals surface area (Å²) in [5.74, 6) is -0.149. The third kappa shape index (κ3) is 3.68. The molecule has 0 radical (unpaired) electrons. The Morgan fingerprint density at radius 2 is 1.96 bits per heavy atom. The molecule has 0 spiro atoms. The van der Waals surface area contributed by atoms with Crippen molar-refractivity contribution in [1.29, 1.82) is 0 Å². The summed E-state index contributed by atoms with van der Waals surface area (Å²) in [5.41, 5.74) is 7.26. The Morgan fingerprint density at radius 3 is 2.64 bits per heavy atom. The van der Waals surface area contributed by atoms with Gasteiger partial charge in [-0.05, 0) is 38.1 Å². The Kier molecular flexibility index (Phi) is 4.79. The number of carbonyl (C=O) groups is 1. The van der Waals surface area contributed by atoms with Crippen molar-refractivity contribution >= 4 is 12.1 Å². The van der Waals surface area contributed by atoms with Crippen molar-refractivity contribution in [3.05, 3.63) is 71.3 Å². The summed E-state index contributed by atoms with van der Waals surface area (Å²) in [6, 6.07) is 13.8. The molecule has 128 valence electrons. The molecule has 0 fully saturated rings. The van der Waals surface area contributed by atoms with Crippen molar-refractivity contribution in [3.63, 3.8) is 0 Å². The van der Waals surface area contributed by atoms with Crippen LogP contribution in [-0.4, -0.2) is 26.5 Å². The molecule has 2 heterocycles. The maximum absolute atomic E-state index is 12.0. The highest BCUT2D eigenvalue weighted by molar-refractivity contribution is 5.85. The number of rotatable bonds is 5. The molecule has 1 amide bonds. The fourth-order valence-corrected chi connectivity index (χ4v) is 2.72. The number of carbonyl (C=O) groups excluding carboxylic acids is 1. The number of amides is 1. The van der Waals surface area contributed by atoms with E-state index in [0.29, 0.717) is 6.42 Å². The van der Waals surface area contributed by atoms with Crippen molar-refractivity contribution in [2.45, 2.75) is 20.3 Å². The topological polar surface area (TPSA) is 64.2 Å². The number of hydrazone groups is 1. The Hall–Kier alpha value is -3.15. The van der Waals surface area contributed by atoms with Crippen LogP contribution in [-0.2, 0) is 18.3 Å². The largest absolute Gasteiger partial charge is 0.354 e. The van der Waals surface area contributed by atoms with Crippen molar-refractivity contribution in [3.8, 4) is 5.69 Å². The van der Waals surface area contributed by atoms with Crippen LogP contribution in [0.15, 0.2) is 53.8 Å². The van der Waals surface area contributed by atoms with Crippen LogP contribution >= 0.6 is 0 Å². The van der Waals surface area contributed by atoms with Gasteiger partial charge in [-0.3, -0.25) is 4.79 Å². The van der Waals surface area contributed by atoms with Gasteiger partial charge in [0.2, 0.25) is 5.91 Å². The van der Waals surface area contributed by atoms with Crippen molar-refractivity contribution in [2.24, 2.45) is 12.1 Å². The van der Waals surface area contributed by atoms with Crippen LogP contribution in [0.5, 0.6) is 0 Å². The molecule has 6 nitrogen and oxygen atoms in total. The summed E-state index contributed by atoms with van der Waals surface area (Å²) in [6.07, 6.45) is 3.86. The van der Waals surface area contributed by atoms with Crippen LogP contribution < -0.4 is 5.43 Å². The molecule has 0 aliphatic heterocycles. The highest BCUT2D eigenvalue weighted by atomic mass is 16.2. The summed E-state index contributed by atoms with van der Waals surface area (Å²) in [6.45, 7) is 3.92. The van der Waals surface area contributed by atoms with E-state index in [0.717, 1.165) is 28.3 Å². The first kappa shape index (κ1) is 16.7. The average molecular weight is 335 g/mol. The van der Waals surface area contributed by atoms with Gasteiger partial charge in [0, 0.05) is 24.5 Å². The average Bonchev–Trinajstić information content (AvgIpc) is 3.13. The summed E-state index contributed by atoms with van der Waals surface area (Å²) < 4.78 is 3.80. The zero-order valence-electron chi connectivity index (χ0n) is 14.6. The molecule has 3 rings (SSSR count). The number of benzene rings is 1. The molecular formula is C19H21N5O. The Morgan fingerprint density at radius 1 is 1.20 bits per heavy atom. The molecule has 0 saturated heterocycles. The van der Waals surface area contributed by atoms with Crippen molar-refractivity contribution in [2.75, 3.05) is 0 Å². The third-order valence-corrected chi connectivity index (χ3v) is 4.12. The molecule has 0 unspecified atom stereocenters. The normalized spacial score (nSPS) is 11.2. The van der Waals surface area contributed by atoms with Gasteiger partial charge in [-0.15, -0.1) is 0 Å². The predicted molar refractivity (Wildman–Crippen MR) is 97.9 cm³/mol. The minimum atomic E-state index is -0.149. The lowest BCUT2D eigenvalue weighted by Crippen LogP contribution is -2.21. The van der Waals surface area contributed by atoms with Gasteiger partial charge in [-0.25, -0.2) is 10.1 Å². The molecule has 6 heteroatoms. The molecule has 0 atom stereocenters. The molecule has 25 heavy (non-hydrogen) atoms. The molecular weight excluding hydrogens is 314 g/mol. The zero-order chi connectivity index (χ0) is 17.8. The molecule has 2 aromatic heterocycles. The molecule has 0 bridgehead atoms. The van der Waals surface area contributed by atoms with Crippen molar-refractivity contribution in [1.82, 2.24) is 19.8 Å². The van der Waals surface area contributed by atoms with Gasteiger partial charge < -0.3 is 4.57 Å². The van der Waals surface area contributed by atoms with E-state index in [9.17, 15) is 4.79 Å². The van der Waals surface area contributed by atoms with E-state index in [-0.39, 0.29) is 5.91 Å².